The Balaban J connectivity index is 0.00000264. The van der Waals surface area contributed by atoms with Gasteiger partial charge in [-0.1, -0.05) is 67.6 Å². The molecule has 1 atom stereocenters. The Morgan fingerprint density at radius 3 is 2.26 bits per heavy atom. The third-order valence-corrected chi connectivity index (χ3v) is 3.63. The summed E-state index contributed by atoms with van der Waals surface area (Å²) >= 11 is 0. The largest absolute Gasteiger partial charge is 0.370 e. The van der Waals surface area contributed by atoms with Gasteiger partial charge in [-0.05, 0) is 24.0 Å². The van der Waals surface area contributed by atoms with Crippen molar-refractivity contribution in [1.29, 1.82) is 0 Å². The molecule has 0 amide bonds. The summed E-state index contributed by atoms with van der Waals surface area (Å²) in [6.45, 7) is 3.67. The van der Waals surface area contributed by atoms with E-state index in [0.717, 1.165) is 19.4 Å². The fourth-order valence-electron chi connectivity index (χ4n) is 2.43. The minimum absolute atomic E-state index is 0. The number of hydrogen-bond acceptors (Lipinski definition) is 1. The number of nitrogens with two attached hydrogens (primary N) is 1. The van der Waals surface area contributed by atoms with Crippen molar-refractivity contribution in [2.45, 2.75) is 25.7 Å². The van der Waals surface area contributed by atoms with E-state index >= 15 is 0 Å². The zero-order valence-electron chi connectivity index (χ0n) is 13.6. The SMILES string of the molecule is CCCNC(N)=NCC(Cc1ccccc1)c1ccccc1.I. The van der Waals surface area contributed by atoms with Gasteiger partial charge in [-0.2, -0.15) is 0 Å². The summed E-state index contributed by atoms with van der Waals surface area (Å²) in [7, 11) is 0. The minimum atomic E-state index is 0. The van der Waals surface area contributed by atoms with Crippen molar-refractivity contribution in [3.8, 4) is 0 Å². The molecule has 2 aromatic carbocycles. The van der Waals surface area contributed by atoms with Crippen LogP contribution in [0, 0.1) is 0 Å². The molecule has 0 aliphatic heterocycles. The zero-order valence-corrected chi connectivity index (χ0v) is 15.9. The van der Waals surface area contributed by atoms with E-state index in [0.29, 0.717) is 18.4 Å². The van der Waals surface area contributed by atoms with E-state index in [9.17, 15) is 0 Å². The molecule has 3 nitrogen and oxygen atoms in total. The van der Waals surface area contributed by atoms with E-state index in [4.69, 9.17) is 5.73 Å². The first-order chi connectivity index (χ1) is 10.8. The van der Waals surface area contributed by atoms with Crippen LogP contribution in [0.25, 0.3) is 0 Å². The molecule has 0 aromatic heterocycles. The summed E-state index contributed by atoms with van der Waals surface area (Å²) in [5.41, 5.74) is 8.55. The van der Waals surface area contributed by atoms with Crippen molar-refractivity contribution in [3.63, 3.8) is 0 Å². The molecule has 2 rings (SSSR count). The monoisotopic (exact) mass is 423 g/mol. The Hall–Kier alpha value is -1.56. The molecule has 0 fully saturated rings. The van der Waals surface area contributed by atoms with Gasteiger partial charge in [0.05, 0.1) is 0 Å². The molecule has 0 radical (unpaired) electrons. The second kappa shape index (κ2) is 11.0. The molecule has 0 saturated carbocycles. The molecule has 0 saturated heterocycles. The number of nitrogens with zero attached hydrogens (tertiary/aromatic N) is 1. The standard InChI is InChI=1S/C19H25N3.HI/c1-2-13-21-19(20)22-15-18(17-11-7-4-8-12-17)14-16-9-5-3-6-10-16;/h3-12,18H,2,13-15H2,1H3,(H3,20,21,22);1H. The van der Waals surface area contributed by atoms with Gasteiger partial charge in [-0.15, -0.1) is 24.0 Å². The zero-order chi connectivity index (χ0) is 15.6. The lowest BCUT2D eigenvalue weighted by Crippen LogP contribution is -2.32. The van der Waals surface area contributed by atoms with Crippen LogP contribution in [0.4, 0.5) is 0 Å². The van der Waals surface area contributed by atoms with E-state index in [1.54, 1.807) is 0 Å². The van der Waals surface area contributed by atoms with Gasteiger partial charge in [0.25, 0.3) is 0 Å². The van der Waals surface area contributed by atoms with Crippen molar-refractivity contribution < 1.29 is 0 Å². The number of hydrogen-bond donors (Lipinski definition) is 2. The summed E-state index contributed by atoms with van der Waals surface area (Å²) < 4.78 is 0. The smallest absolute Gasteiger partial charge is 0.188 e. The molecule has 2 aromatic rings. The molecule has 0 spiro atoms. The third kappa shape index (κ3) is 7.03. The Kier molecular flexibility index (Phi) is 9.36. The van der Waals surface area contributed by atoms with Crippen molar-refractivity contribution in [2.24, 2.45) is 10.7 Å². The van der Waals surface area contributed by atoms with E-state index < -0.39 is 0 Å². The minimum Gasteiger partial charge on any atom is -0.370 e. The lowest BCUT2D eigenvalue weighted by Gasteiger charge is -2.16. The van der Waals surface area contributed by atoms with Gasteiger partial charge in [0.15, 0.2) is 5.96 Å². The van der Waals surface area contributed by atoms with Crippen LogP contribution in [0.3, 0.4) is 0 Å². The first-order valence-corrected chi connectivity index (χ1v) is 7.92. The van der Waals surface area contributed by atoms with Crippen molar-refractivity contribution in [2.75, 3.05) is 13.1 Å². The quantitative estimate of drug-likeness (QED) is 0.403. The van der Waals surface area contributed by atoms with E-state index in [2.05, 4.69) is 65.8 Å². The molecule has 0 aliphatic rings. The molecule has 3 N–H and O–H groups in total. The number of halogens is 1. The maximum Gasteiger partial charge on any atom is 0.188 e. The second-order valence-corrected chi connectivity index (χ2v) is 5.45. The van der Waals surface area contributed by atoms with Crippen LogP contribution in [-0.4, -0.2) is 19.0 Å². The molecule has 0 aliphatic carbocycles. The van der Waals surface area contributed by atoms with Gasteiger partial charge in [0.2, 0.25) is 0 Å². The third-order valence-electron chi connectivity index (χ3n) is 3.63. The summed E-state index contributed by atoms with van der Waals surface area (Å²) in [5.74, 6) is 0.876. The summed E-state index contributed by atoms with van der Waals surface area (Å²) in [6, 6.07) is 21.1. The van der Waals surface area contributed by atoms with Crippen molar-refractivity contribution in [3.05, 3.63) is 71.8 Å². The average Bonchev–Trinajstić information content (AvgIpc) is 2.58. The van der Waals surface area contributed by atoms with Gasteiger partial charge in [0.1, 0.15) is 0 Å². The Morgan fingerprint density at radius 2 is 1.65 bits per heavy atom. The van der Waals surface area contributed by atoms with Crippen molar-refractivity contribution in [1.82, 2.24) is 5.32 Å². The van der Waals surface area contributed by atoms with Gasteiger partial charge in [0, 0.05) is 19.0 Å². The highest BCUT2D eigenvalue weighted by Crippen LogP contribution is 2.21. The fraction of sp³-hybridized carbons (Fsp3) is 0.316. The maximum absolute atomic E-state index is 5.92. The Bertz CT molecular complexity index is 570. The van der Waals surface area contributed by atoms with Crippen LogP contribution in [-0.2, 0) is 6.42 Å². The fourth-order valence-corrected chi connectivity index (χ4v) is 2.43. The molecular formula is C19H26IN3. The molecule has 124 valence electrons. The number of nitrogens with one attached hydrogen (secondary N) is 1. The van der Waals surface area contributed by atoms with Crippen LogP contribution in [0.1, 0.15) is 30.4 Å². The normalized spacial score (nSPS) is 12.3. The topological polar surface area (TPSA) is 50.4 Å². The first kappa shape index (κ1) is 19.5. The lowest BCUT2D eigenvalue weighted by atomic mass is 9.92. The summed E-state index contributed by atoms with van der Waals surface area (Å²) in [5, 5.41) is 3.13. The predicted molar refractivity (Wildman–Crippen MR) is 110 cm³/mol. The van der Waals surface area contributed by atoms with E-state index in [1.165, 1.54) is 11.1 Å². The van der Waals surface area contributed by atoms with Gasteiger partial charge in [-0.25, -0.2) is 0 Å². The van der Waals surface area contributed by atoms with Crippen LogP contribution < -0.4 is 11.1 Å². The van der Waals surface area contributed by atoms with E-state index in [-0.39, 0.29) is 24.0 Å². The number of rotatable bonds is 7. The predicted octanol–water partition coefficient (Wildman–Crippen LogP) is 3.95. The highest BCUT2D eigenvalue weighted by atomic mass is 127. The molecule has 0 bridgehead atoms. The maximum atomic E-state index is 5.92. The van der Waals surface area contributed by atoms with E-state index in [1.807, 2.05) is 12.1 Å². The van der Waals surface area contributed by atoms with Gasteiger partial charge < -0.3 is 11.1 Å². The van der Waals surface area contributed by atoms with Crippen LogP contribution in [0.2, 0.25) is 0 Å². The molecule has 23 heavy (non-hydrogen) atoms. The average molecular weight is 423 g/mol. The first-order valence-electron chi connectivity index (χ1n) is 7.92. The lowest BCUT2D eigenvalue weighted by molar-refractivity contribution is 0.690. The van der Waals surface area contributed by atoms with Crippen LogP contribution in [0.5, 0.6) is 0 Å². The van der Waals surface area contributed by atoms with Gasteiger partial charge in [-0.3, -0.25) is 4.99 Å². The molecule has 4 heteroatoms. The number of guanidine groups is 1. The molecular weight excluding hydrogens is 397 g/mol. The highest BCUT2D eigenvalue weighted by Gasteiger charge is 2.12. The Morgan fingerprint density at radius 1 is 1.04 bits per heavy atom. The van der Waals surface area contributed by atoms with Crippen LogP contribution >= 0.6 is 24.0 Å². The Labute approximate surface area is 156 Å². The molecule has 1 unspecified atom stereocenters. The van der Waals surface area contributed by atoms with Crippen LogP contribution in [0.15, 0.2) is 65.7 Å². The van der Waals surface area contributed by atoms with Crippen molar-refractivity contribution >= 4 is 29.9 Å². The second-order valence-electron chi connectivity index (χ2n) is 5.45. The van der Waals surface area contributed by atoms with Gasteiger partial charge >= 0.3 is 0 Å². The summed E-state index contributed by atoms with van der Waals surface area (Å²) in [4.78, 5) is 4.52. The number of benzene rings is 2. The molecule has 0 heterocycles. The summed E-state index contributed by atoms with van der Waals surface area (Å²) in [6.07, 6.45) is 2.01. The number of aliphatic imine (C=N–C) groups is 1. The highest BCUT2D eigenvalue weighted by molar-refractivity contribution is 14.0.